The van der Waals surface area contributed by atoms with Gasteiger partial charge in [0.1, 0.15) is 12.4 Å². The van der Waals surface area contributed by atoms with Crippen LogP contribution in [0.4, 0.5) is 0 Å². The first-order valence-corrected chi connectivity index (χ1v) is 11.7. The molecular formula is C26H29N3O4. The van der Waals surface area contributed by atoms with Crippen molar-refractivity contribution in [3.8, 4) is 17.1 Å². The molecule has 7 heteroatoms. The van der Waals surface area contributed by atoms with Crippen molar-refractivity contribution in [2.24, 2.45) is 5.92 Å². The molecule has 0 bridgehead atoms. The van der Waals surface area contributed by atoms with Crippen LogP contribution in [-0.4, -0.2) is 33.9 Å². The quantitative estimate of drug-likeness (QED) is 0.458. The molecule has 1 aliphatic heterocycles. The lowest BCUT2D eigenvalue weighted by Crippen LogP contribution is -2.20. The van der Waals surface area contributed by atoms with Crippen LogP contribution in [0.15, 0.2) is 54.9 Å². The molecule has 33 heavy (non-hydrogen) atoms. The molecule has 3 unspecified atom stereocenters. The number of hydrogen-bond acceptors (Lipinski definition) is 6. The Hall–Kier alpha value is -3.19. The van der Waals surface area contributed by atoms with E-state index in [1.54, 1.807) is 12.4 Å². The average Bonchev–Trinajstić information content (AvgIpc) is 3.52. The van der Waals surface area contributed by atoms with Crippen LogP contribution in [0.1, 0.15) is 55.9 Å². The zero-order valence-electron chi connectivity index (χ0n) is 18.9. The molecule has 2 aromatic heterocycles. The second-order valence-electron chi connectivity index (χ2n) is 8.60. The summed E-state index contributed by atoms with van der Waals surface area (Å²) in [6.07, 6.45) is 7.59. The first-order chi connectivity index (χ1) is 16.2. The molecule has 0 radical (unpaired) electrons. The number of pyridine rings is 1. The van der Waals surface area contributed by atoms with Crippen LogP contribution in [0, 0.1) is 5.92 Å². The summed E-state index contributed by atoms with van der Waals surface area (Å²) < 4.78 is 18.9. The van der Waals surface area contributed by atoms with Gasteiger partial charge in [-0.1, -0.05) is 24.3 Å². The smallest absolute Gasteiger partial charge is 0.309 e. The van der Waals surface area contributed by atoms with Gasteiger partial charge in [-0.15, -0.1) is 0 Å². The van der Waals surface area contributed by atoms with E-state index in [0.717, 1.165) is 49.2 Å². The summed E-state index contributed by atoms with van der Waals surface area (Å²) in [4.78, 5) is 16.5. The van der Waals surface area contributed by atoms with Crippen molar-refractivity contribution in [1.29, 1.82) is 0 Å². The van der Waals surface area contributed by atoms with Crippen LogP contribution in [-0.2, 0) is 20.9 Å². The maximum atomic E-state index is 11.9. The van der Waals surface area contributed by atoms with Crippen LogP contribution >= 0.6 is 0 Å². The first-order valence-electron chi connectivity index (χ1n) is 11.7. The largest absolute Gasteiger partial charge is 0.487 e. The average molecular weight is 448 g/mol. The lowest BCUT2D eigenvalue weighted by atomic mass is 10.1. The van der Waals surface area contributed by atoms with Crippen LogP contribution in [0.25, 0.3) is 11.4 Å². The van der Waals surface area contributed by atoms with Crippen molar-refractivity contribution >= 4 is 5.97 Å². The van der Waals surface area contributed by atoms with E-state index < -0.39 is 0 Å². The molecule has 3 heterocycles. The van der Waals surface area contributed by atoms with Gasteiger partial charge >= 0.3 is 5.97 Å². The molecule has 2 aliphatic rings. The highest BCUT2D eigenvalue weighted by Gasteiger charge is 2.45. The van der Waals surface area contributed by atoms with Gasteiger partial charge in [-0.2, -0.15) is 5.10 Å². The minimum absolute atomic E-state index is 0.00897. The minimum Gasteiger partial charge on any atom is -0.487 e. The number of benzene rings is 1. The molecule has 3 aromatic rings. The van der Waals surface area contributed by atoms with E-state index in [0.29, 0.717) is 19.0 Å². The van der Waals surface area contributed by atoms with Gasteiger partial charge in [0.2, 0.25) is 0 Å². The third-order valence-corrected chi connectivity index (χ3v) is 6.26. The lowest BCUT2D eigenvalue weighted by molar-refractivity contribution is -0.144. The molecule has 0 amide bonds. The van der Waals surface area contributed by atoms with Gasteiger partial charge in [0.05, 0.1) is 30.1 Å². The zero-order valence-corrected chi connectivity index (χ0v) is 18.9. The number of esters is 1. The lowest BCUT2D eigenvalue weighted by Gasteiger charge is -2.24. The first kappa shape index (κ1) is 21.6. The maximum absolute atomic E-state index is 11.9. The summed E-state index contributed by atoms with van der Waals surface area (Å²) in [5, 5.41) is 4.46. The number of carbonyl (C=O) groups is 1. The fourth-order valence-electron chi connectivity index (χ4n) is 4.43. The van der Waals surface area contributed by atoms with E-state index in [2.05, 4.69) is 22.2 Å². The number of carbonyl (C=O) groups excluding carboxylic acids is 1. The molecule has 1 saturated heterocycles. The zero-order chi connectivity index (χ0) is 22.6. The second-order valence-corrected chi connectivity index (χ2v) is 8.60. The molecule has 2 fully saturated rings. The molecule has 1 aromatic carbocycles. The van der Waals surface area contributed by atoms with Crippen molar-refractivity contribution in [3.05, 3.63) is 66.0 Å². The molecule has 1 saturated carbocycles. The van der Waals surface area contributed by atoms with Gasteiger partial charge in [-0.3, -0.25) is 9.78 Å². The van der Waals surface area contributed by atoms with Crippen LogP contribution in [0.5, 0.6) is 5.75 Å². The Morgan fingerprint density at radius 2 is 2.15 bits per heavy atom. The number of hydrogen-bond donors (Lipinski definition) is 0. The summed E-state index contributed by atoms with van der Waals surface area (Å²) in [6.45, 7) is 3.49. The second kappa shape index (κ2) is 9.75. The van der Waals surface area contributed by atoms with E-state index in [9.17, 15) is 4.79 Å². The topological polar surface area (TPSA) is 75.5 Å². The van der Waals surface area contributed by atoms with E-state index in [4.69, 9.17) is 14.2 Å². The van der Waals surface area contributed by atoms with Crippen molar-refractivity contribution in [3.63, 3.8) is 0 Å². The Morgan fingerprint density at radius 1 is 1.21 bits per heavy atom. The predicted octanol–water partition coefficient (Wildman–Crippen LogP) is 4.89. The highest BCUT2D eigenvalue weighted by molar-refractivity contribution is 5.77. The number of rotatable bonds is 8. The molecule has 0 spiro atoms. The third kappa shape index (κ3) is 4.93. The summed E-state index contributed by atoms with van der Waals surface area (Å²) in [6, 6.07) is 14.1. The highest BCUT2D eigenvalue weighted by atomic mass is 16.5. The van der Waals surface area contributed by atoms with Crippen molar-refractivity contribution in [2.75, 3.05) is 13.2 Å². The summed E-state index contributed by atoms with van der Waals surface area (Å²) >= 11 is 0. The van der Waals surface area contributed by atoms with E-state index >= 15 is 0 Å². The Bertz CT molecular complexity index is 1090. The molecular weight excluding hydrogens is 418 g/mol. The van der Waals surface area contributed by atoms with Gasteiger partial charge in [-0.05, 0) is 67.9 Å². The van der Waals surface area contributed by atoms with Gasteiger partial charge < -0.3 is 14.2 Å². The Kier molecular flexibility index (Phi) is 6.39. The van der Waals surface area contributed by atoms with Gasteiger partial charge in [0.15, 0.2) is 6.23 Å². The Balaban J connectivity index is 1.20. The SMILES string of the molecule is CCOC(=O)C1CC1c1cccc(COc2ccc(-c3ccnn3C3CCCCO3)nc2)c1. The van der Waals surface area contributed by atoms with Gasteiger partial charge in [0.25, 0.3) is 0 Å². The fourth-order valence-corrected chi connectivity index (χ4v) is 4.43. The Morgan fingerprint density at radius 3 is 2.94 bits per heavy atom. The number of ether oxygens (including phenoxy) is 3. The molecule has 5 rings (SSSR count). The summed E-state index contributed by atoms with van der Waals surface area (Å²) in [7, 11) is 0. The Labute approximate surface area is 193 Å². The number of nitrogens with zero attached hydrogens (tertiary/aromatic N) is 3. The molecule has 0 N–H and O–H groups in total. The van der Waals surface area contributed by atoms with Crippen molar-refractivity contribution < 1.29 is 19.0 Å². The predicted molar refractivity (Wildman–Crippen MR) is 123 cm³/mol. The number of aromatic nitrogens is 3. The van der Waals surface area contributed by atoms with Crippen LogP contribution in [0.3, 0.4) is 0 Å². The molecule has 3 atom stereocenters. The highest BCUT2D eigenvalue weighted by Crippen LogP contribution is 2.48. The standard InChI is InChI=1S/C26H29N3O4/c1-2-31-26(30)22-15-21(22)19-7-5-6-18(14-19)17-33-20-9-10-23(27-16-20)24-11-12-28-29(24)25-8-3-4-13-32-25/h5-7,9-12,14,16,21-22,25H,2-4,8,13,15,17H2,1H3. The van der Waals surface area contributed by atoms with Crippen LogP contribution < -0.4 is 4.74 Å². The van der Waals surface area contributed by atoms with E-state index in [-0.39, 0.29) is 24.0 Å². The monoisotopic (exact) mass is 447 g/mol. The van der Waals surface area contributed by atoms with Crippen molar-refractivity contribution in [1.82, 2.24) is 14.8 Å². The molecule has 7 nitrogen and oxygen atoms in total. The maximum Gasteiger partial charge on any atom is 0.309 e. The molecule has 1 aliphatic carbocycles. The van der Waals surface area contributed by atoms with Gasteiger partial charge in [0, 0.05) is 12.8 Å². The minimum atomic E-state index is -0.0910. The van der Waals surface area contributed by atoms with Crippen LogP contribution in [0.2, 0.25) is 0 Å². The normalized spacial score (nSPS) is 22.0. The van der Waals surface area contributed by atoms with Crippen molar-refractivity contribution in [2.45, 2.75) is 51.4 Å². The van der Waals surface area contributed by atoms with E-state index in [1.807, 2.05) is 41.9 Å². The van der Waals surface area contributed by atoms with Gasteiger partial charge in [-0.25, -0.2) is 4.68 Å². The van der Waals surface area contributed by atoms with E-state index in [1.165, 1.54) is 5.56 Å². The molecule has 172 valence electrons. The summed E-state index contributed by atoms with van der Waals surface area (Å²) in [5.41, 5.74) is 4.02. The third-order valence-electron chi connectivity index (χ3n) is 6.26. The fraction of sp³-hybridized carbons (Fsp3) is 0.423. The summed E-state index contributed by atoms with van der Waals surface area (Å²) in [5.74, 6) is 0.861.